The number of amides is 1. The number of halogens is 1. The lowest BCUT2D eigenvalue weighted by molar-refractivity contribution is 0.0620. The monoisotopic (exact) mass is 365 g/mol. The lowest BCUT2D eigenvalue weighted by atomic mass is 10.2. The molecular formula is C15H16BrN3O3. The summed E-state index contributed by atoms with van der Waals surface area (Å²) in [5.41, 5.74) is 0.255. The molecule has 2 aromatic heterocycles. The van der Waals surface area contributed by atoms with Crippen molar-refractivity contribution in [3.63, 3.8) is 0 Å². The van der Waals surface area contributed by atoms with Crippen molar-refractivity contribution >= 4 is 21.8 Å². The minimum absolute atomic E-state index is 0.0606. The molecule has 0 radical (unpaired) electrons. The third kappa shape index (κ3) is 3.31. The van der Waals surface area contributed by atoms with Crippen LogP contribution in [0.15, 0.2) is 44.3 Å². The van der Waals surface area contributed by atoms with Crippen molar-refractivity contribution in [2.24, 2.45) is 0 Å². The van der Waals surface area contributed by atoms with Crippen LogP contribution in [0.2, 0.25) is 0 Å². The van der Waals surface area contributed by atoms with Crippen molar-refractivity contribution in [1.82, 2.24) is 14.8 Å². The van der Waals surface area contributed by atoms with E-state index >= 15 is 0 Å². The van der Waals surface area contributed by atoms with Gasteiger partial charge in [0.1, 0.15) is 5.76 Å². The molecule has 1 amide bonds. The van der Waals surface area contributed by atoms with Gasteiger partial charge >= 0.3 is 0 Å². The zero-order valence-corrected chi connectivity index (χ0v) is 13.5. The smallest absolute Gasteiger partial charge is 0.262 e. The van der Waals surface area contributed by atoms with Crippen molar-refractivity contribution < 1.29 is 9.21 Å². The summed E-state index contributed by atoms with van der Waals surface area (Å²) < 4.78 is 5.71. The molecule has 0 spiro atoms. The first-order chi connectivity index (χ1) is 10.6. The summed E-state index contributed by atoms with van der Waals surface area (Å²) in [7, 11) is 0. The first-order valence-corrected chi connectivity index (χ1v) is 7.85. The summed E-state index contributed by atoms with van der Waals surface area (Å²) in [5, 5.41) is 0. The van der Waals surface area contributed by atoms with Gasteiger partial charge in [-0.1, -0.05) is 0 Å². The Balaban J connectivity index is 1.59. The molecule has 116 valence electrons. The zero-order valence-electron chi connectivity index (χ0n) is 11.9. The minimum Gasteiger partial charge on any atom is -0.468 e. The van der Waals surface area contributed by atoms with Crippen LogP contribution in [0.5, 0.6) is 0 Å². The van der Waals surface area contributed by atoms with E-state index in [-0.39, 0.29) is 11.5 Å². The predicted molar refractivity (Wildman–Crippen MR) is 84.7 cm³/mol. The largest absolute Gasteiger partial charge is 0.468 e. The van der Waals surface area contributed by atoms with Gasteiger partial charge in [-0.25, -0.2) is 0 Å². The number of carbonyl (C=O) groups is 1. The second-order valence-corrected chi connectivity index (χ2v) is 6.07. The van der Waals surface area contributed by atoms with Crippen LogP contribution < -0.4 is 5.56 Å². The van der Waals surface area contributed by atoms with Crippen LogP contribution in [0, 0.1) is 0 Å². The standard InChI is InChI=1S/C15H16BrN3O3/c16-13-8-11(9-17-14(13)20)15(21)19-5-3-18(4-6-19)10-12-2-1-7-22-12/h1-2,7-9H,3-6,10H2,(H,17,20). The molecule has 2 aromatic rings. The Morgan fingerprint density at radius 1 is 1.32 bits per heavy atom. The van der Waals surface area contributed by atoms with E-state index in [1.165, 1.54) is 6.20 Å². The molecule has 22 heavy (non-hydrogen) atoms. The Morgan fingerprint density at radius 3 is 2.73 bits per heavy atom. The molecule has 0 aromatic carbocycles. The maximum Gasteiger partial charge on any atom is 0.262 e. The number of nitrogens with zero attached hydrogens (tertiary/aromatic N) is 2. The lowest BCUT2D eigenvalue weighted by Crippen LogP contribution is -2.48. The van der Waals surface area contributed by atoms with Gasteiger partial charge in [-0.05, 0) is 34.1 Å². The highest BCUT2D eigenvalue weighted by molar-refractivity contribution is 9.10. The van der Waals surface area contributed by atoms with Crippen LogP contribution in [0.4, 0.5) is 0 Å². The van der Waals surface area contributed by atoms with Gasteiger partial charge in [0, 0.05) is 32.4 Å². The highest BCUT2D eigenvalue weighted by Crippen LogP contribution is 2.13. The van der Waals surface area contributed by atoms with E-state index in [2.05, 4.69) is 25.8 Å². The molecule has 0 aliphatic carbocycles. The molecule has 6 nitrogen and oxygen atoms in total. The van der Waals surface area contributed by atoms with Crippen molar-refractivity contribution in [2.45, 2.75) is 6.54 Å². The van der Waals surface area contributed by atoms with Crippen LogP contribution in [0.25, 0.3) is 0 Å². The molecule has 3 heterocycles. The second kappa shape index (κ2) is 6.50. The number of H-pyrrole nitrogens is 1. The topological polar surface area (TPSA) is 69.6 Å². The number of furan rings is 1. The van der Waals surface area contributed by atoms with E-state index < -0.39 is 0 Å². The van der Waals surface area contributed by atoms with Crippen LogP contribution in [-0.2, 0) is 6.54 Å². The molecule has 0 unspecified atom stereocenters. The van der Waals surface area contributed by atoms with Gasteiger partial charge in [0.2, 0.25) is 0 Å². The Hall–Kier alpha value is -1.86. The average Bonchev–Trinajstić information content (AvgIpc) is 3.03. The van der Waals surface area contributed by atoms with Crippen molar-refractivity contribution in [1.29, 1.82) is 0 Å². The molecule has 0 bridgehead atoms. The number of piperazine rings is 1. The van der Waals surface area contributed by atoms with E-state index in [0.29, 0.717) is 23.1 Å². The fourth-order valence-electron chi connectivity index (χ4n) is 2.49. The first-order valence-electron chi connectivity index (χ1n) is 7.06. The Kier molecular flexibility index (Phi) is 4.44. The van der Waals surface area contributed by atoms with E-state index in [0.717, 1.165) is 25.4 Å². The fourth-order valence-corrected chi connectivity index (χ4v) is 2.86. The van der Waals surface area contributed by atoms with Crippen LogP contribution >= 0.6 is 15.9 Å². The lowest BCUT2D eigenvalue weighted by Gasteiger charge is -2.34. The third-order valence-corrected chi connectivity index (χ3v) is 4.31. The minimum atomic E-state index is -0.236. The van der Waals surface area contributed by atoms with Gasteiger partial charge in [0.15, 0.2) is 0 Å². The van der Waals surface area contributed by atoms with Crippen molar-refractivity contribution in [2.75, 3.05) is 26.2 Å². The van der Waals surface area contributed by atoms with E-state index in [4.69, 9.17) is 4.42 Å². The molecule has 1 aliphatic heterocycles. The molecule has 7 heteroatoms. The van der Waals surface area contributed by atoms with Gasteiger partial charge in [0.05, 0.1) is 22.8 Å². The number of aromatic amines is 1. The Bertz CT molecular complexity index is 703. The third-order valence-electron chi connectivity index (χ3n) is 3.72. The van der Waals surface area contributed by atoms with Gasteiger partial charge in [-0.3, -0.25) is 14.5 Å². The number of nitrogens with one attached hydrogen (secondary N) is 1. The van der Waals surface area contributed by atoms with Gasteiger partial charge in [-0.2, -0.15) is 0 Å². The number of rotatable bonds is 3. The second-order valence-electron chi connectivity index (χ2n) is 5.21. The molecule has 1 fully saturated rings. The predicted octanol–water partition coefficient (Wildman–Crippen LogP) is 1.69. The van der Waals surface area contributed by atoms with Crippen LogP contribution in [0.1, 0.15) is 16.1 Å². The molecule has 1 aliphatic rings. The quantitative estimate of drug-likeness (QED) is 0.898. The van der Waals surface area contributed by atoms with E-state index in [9.17, 15) is 9.59 Å². The summed E-state index contributed by atoms with van der Waals surface area (Å²) >= 11 is 3.15. The summed E-state index contributed by atoms with van der Waals surface area (Å²) in [6.07, 6.45) is 3.13. The van der Waals surface area contributed by atoms with Gasteiger partial charge in [-0.15, -0.1) is 0 Å². The Labute approximate surface area is 135 Å². The zero-order chi connectivity index (χ0) is 15.5. The molecule has 1 N–H and O–H groups in total. The summed E-state index contributed by atoms with van der Waals surface area (Å²) in [4.78, 5) is 30.4. The SMILES string of the molecule is O=C(c1c[nH]c(=O)c(Br)c1)N1CCN(Cc2ccco2)CC1. The molecular weight excluding hydrogens is 350 g/mol. The number of hydrogen-bond acceptors (Lipinski definition) is 4. The van der Waals surface area contributed by atoms with Gasteiger partial charge in [0.25, 0.3) is 11.5 Å². The summed E-state index contributed by atoms with van der Waals surface area (Å²) in [6, 6.07) is 5.40. The van der Waals surface area contributed by atoms with E-state index in [1.807, 2.05) is 12.1 Å². The van der Waals surface area contributed by atoms with Crippen LogP contribution in [-0.4, -0.2) is 46.9 Å². The summed E-state index contributed by atoms with van der Waals surface area (Å²) in [6.45, 7) is 3.69. The maximum atomic E-state index is 12.4. The van der Waals surface area contributed by atoms with E-state index in [1.54, 1.807) is 17.2 Å². The number of pyridine rings is 1. The summed E-state index contributed by atoms with van der Waals surface area (Å²) in [5.74, 6) is 0.874. The number of hydrogen-bond donors (Lipinski definition) is 1. The Morgan fingerprint density at radius 2 is 2.09 bits per heavy atom. The van der Waals surface area contributed by atoms with Crippen molar-refractivity contribution in [3.8, 4) is 0 Å². The molecule has 1 saturated heterocycles. The fraction of sp³-hybridized carbons (Fsp3) is 0.333. The molecule has 0 atom stereocenters. The van der Waals surface area contributed by atoms with Crippen LogP contribution in [0.3, 0.4) is 0 Å². The maximum absolute atomic E-state index is 12.4. The average molecular weight is 366 g/mol. The normalized spacial score (nSPS) is 16.0. The molecule has 0 saturated carbocycles. The van der Waals surface area contributed by atoms with Gasteiger partial charge < -0.3 is 14.3 Å². The highest BCUT2D eigenvalue weighted by atomic mass is 79.9. The molecule has 3 rings (SSSR count). The number of aromatic nitrogens is 1. The first kappa shape index (κ1) is 15.1. The highest BCUT2D eigenvalue weighted by Gasteiger charge is 2.23. The van der Waals surface area contributed by atoms with Crippen molar-refractivity contribution in [3.05, 3.63) is 56.8 Å². The number of carbonyl (C=O) groups excluding carboxylic acids is 1.